The number of benzene rings is 1. The minimum absolute atomic E-state index is 0.00791. The summed E-state index contributed by atoms with van der Waals surface area (Å²) < 4.78 is 1.12. The van der Waals surface area contributed by atoms with Crippen LogP contribution >= 0.6 is 38.9 Å². The molecule has 0 aliphatic carbocycles. The van der Waals surface area contributed by atoms with Crippen LogP contribution in [0.25, 0.3) is 0 Å². The Morgan fingerprint density at radius 3 is 2.76 bits per heavy atom. The SMILES string of the molecule is Cc1cc(Cl)ccc1NC(=O)C[NH+](C)Cc1ccc(Br)s1. The van der Waals surface area contributed by atoms with Crippen molar-refractivity contribution in [3.05, 3.63) is 49.6 Å². The highest BCUT2D eigenvalue weighted by molar-refractivity contribution is 9.11. The molecule has 0 saturated heterocycles. The Bertz CT molecular complexity index is 644. The van der Waals surface area contributed by atoms with Gasteiger partial charge in [-0.3, -0.25) is 4.79 Å². The number of amides is 1. The van der Waals surface area contributed by atoms with E-state index in [1.54, 1.807) is 17.4 Å². The summed E-state index contributed by atoms with van der Waals surface area (Å²) in [5, 5.41) is 3.61. The van der Waals surface area contributed by atoms with Gasteiger partial charge in [0, 0.05) is 10.7 Å². The summed E-state index contributed by atoms with van der Waals surface area (Å²) in [7, 11) is 2.02. The predicted molar refractivity (Wildman–Crippen MR) is 92.3 cm³/mol. The third-order valence-electron chi connectivity index (χ3n) is 3.03. The fraction of sp³-hybridized carbons (Fsp3) is 0.267. The molecule has 2 aromatic rings. The lowest BCUT2D eigenvalue weighted by molar-refractivity contribution is -0.884. The zero-order chi connectivity index (χ0) is 15.4. The average molecular weight is 389 g/mol. The second-order valence-corrected chi connectivity index (χ2v) is 8.01. The van der Waals surface area contributed by atoms with Crippen LogP contribution in [-0.2, 0) is 11.3 Å². The molecule has 1 heterocycles. The van der Waals surface area contributed by atoms with Crippen LogP contribution < -0.4 is 10.2 Å². The van der Waals surface area contributed by atoms with Gasteiger partial charge in [0.05, 0.1) is 15.7 Å². The Kier molecular flexibility index (Phi) is 5.81. The zero-order valence-electron chi connectivity index (χ0n) is 11.9. The van der Waals surface area contributed by atoms with Gasteiger partial charge in [0.1, 0.15) is 6.54 Å². The van der Waals surface area contributed by atoms with Crippen molar-refractivity contribution in [1.82, 2.24) is 0 Å². The largest absolute Gasteiger partial charge is 0.325 e. The van der Waals surface area contributed by atoms with Gasteiger partial charge in [-0.1, -0.05) is 11.6 Å². The molecule has 0 bridgehead atoms. The molecule has 1 aromatic carbocycles. The van der Waals surface area contributed by atoms with Crippen molar-refractivity contribution in [2.24, 2.45) is 0 Å². The minimum Gasteiger partial charge on any atom is -0.325 e. The number of rotatable bonds is 5. The van der Waals surface area contributed by atoms with E-state index in [4.69, 9.17) is 11.6 Å². The molecule has 0 fully saturated rings. The molecule has 0 radical (unpaired) electrons. The van der Waals surface area contributed by atoms with E-state index in [0.717, 1.165) is 26.5 Å². The van der Waals surface area contributed by atoms with Crippen molar-refractivity contribution < 1.29 is 9.69 Å². The van der Waals surface area contributed by atoms with E-state index in [0.29, 0.717) is 11.6 Å². The molecule has 1 amide bonds. The predicted octanol–water partition coefficient (Wildman–Crippen LogP) is 3.13. The minimum atomic E-state index is 0.00791. The number of likely N-dealkylation sites (N-methyl/N-ethyl adjacent to an activating group) is 1. The normalized spacial score (nSPS) is 12.2. The molecule has 1 unspecified atom stereocenters. The van der Waals surface area contributed by atoms with Gasteiger partial charge in [0.15, 0.2) is 6.54 Å². The molecular formula is C15H17BrClN2OS+. The molecule has 0 saturated carbocycles. The molecule has 112 valence electrons. The summed E-state index contributed by atoms with van der Waals surface area (Å²) in [6.07, 6.45) is 0. The van der Waals surface area contributed by atoms with E-state index in [1.807, 2.05) is 32.2 Å². The van der Waals surface area contributed by atoms with Gasteiger partial charge in [-0.15, -0.1) is 11.3 Å². The van der Waals surface area contributed by atoms with Gasteiger partial charge in [-0.05, 0) is 58.7 Å². The van der Waals surface area contributed by atoms with Crippen molar-refractivity contribution >= 4 is 50.5 Å². The monoisotopic (exact) mass is 387 g/mol. The lowest BCUT2D eigenvalue weighted by Gasteiger charge is -2.14. The molecule has 1 aromatic heterocycles. The number of carbonyl (C=O) groups excluding carboxylic acids is 1. The summed E-state index contributed by atoms with van der Waals surface area (Å²) in [5.74, 6) is 0.00791. The third-order valence-corrected chi connectivity index (χ3v) is 4.89. The Hall–Kier alpha value is -0.880. The lowest BCUT2D eigenvalue weighted by Crippen LogP contribution is -3.08. The molecule has 21 heavy (non-hydrogen) atoms. The van der Waals surface area contributed by atoms with E-state index < -0.39 is 0 Å². The third kappa shape index (κ3) is 5.11. The molecule has 2 N–H and O–H groups in total. The molecule has 3 nitrogen and oxygen atoms in total. The highest BCUT2D eigenvalue weighted by atomic mass is 79.9. The second-order valence-electron chi connectivity index (χ2n) is 5.02. The molecular weight excluding hydrogens is 372 g/mol. The van der Waals surface area contributed by atoms with Gasteiger partial charge in [-0.25, -0.2) is 0 Å². The molecule has 6 heteroatoms. The highest BCUT2D eigenvalue weighted by Gasteiger charge is 2.12. The van der Waals surface area contributed by atoms with E-state index in [9.17, 15) is 4.79 Å². The quantitative estimate of drug-likeness (QED) is 0.810. The first-order valence-corrected chi connectivity index (χ1v) is 8.54. The maximum atomic E-state index is 12.1. The van der Waals surface area contributed by atoms with Gasteiger partial charge in [-0.2, -0.15) is 0 Å². The standard InChI is InChI=1S/C15H16BrClN2OS/c1-10-7-11(17)3-5-13(10)18-15(20)9-19(2)8-12-4-6-14(16)21-12/h3-7H,8-9H2,1-2H3,(H,18,20)/p+1. The molecule has 1 atom stereocenters. The number of aryl methyl sites for hydroxylation is 1. The summed E-state index contributed by atoms with van der Waals surface area (Å²) >= 11 is 11.1. The first-order valence-electron chi connectivity index (χ1n) is 6.55. The Morgan fingerprint density at radius 2 is 2.14 bits per heavy atom. The smallest absolute Gasteiger partial charge is 0.279 e. The summed E-state index contributed by atoms with van der Waals surface area (Å²) in [6, 6.07) is 9.58. The van der Waals surface area contributed by atoms with Crippen LogP contribution in [-0.4, -0.2) is 19.5 Å². The summed E-state index contributed by atoms with van der Waals surface area (Å²) in [5.41, 5.74) is 1.78. The maximum Gasteiger partial charge on any atom is 0.279 e. The van der Waals surface area contributed by atoms with Gasteiger partial charge >= 0.3 is 0 Å². The van der Waals surface area contributed by atoms with Crippen LogP contribution in [0.15, 0.2) is 34.1 Å². The average Bonchev–Trinajstić information content (AvgIpc) is 2.78. The number of anilines is 1. The molecule has 0 aliphatic heterocycles. The molecule has 0 spiro atoms. The first-order chi connectivity index (χ1) is 9.94. The summed E-state index contributed by atoms with van der Waals surface area (Å²) in [6.45, 7) is 3.20. The Labute approximate surface area is 142 Å². The van der Waals surface area contributed by atoms with Crippen LogP contribution in [0, 0.1) is 6.92 Å². The van der Waals surface area contributed by atoms with Crippen LogP contribution in [0.4, 0.5) is 5.69 Å². The van der Waals surface area contributed by atoms with Gasteiger partial charge in [0.2, 0.25) is 0 Å². The number of hydrogen-bond donors (Lipinski definition) is 2. The van der Waals surface area contributed by atoms with Crippen molar-refractivity contribution in [3.63, 3.8) is 0 Å². The van der Waals surface area contributed by atoms with Crippen molar-refractivity contribution in [3.8, 4) is 0 Å². The van der Waals surface area contributed by atoms with Crippen molar-refractivity contribution in [1.29, 1.82) is 0 Å². The van der Waals surface area contributed by atoms with Gasteiger partial charge < -0.3 is 10.2 Å². The number of hydrogen-bond acceptors (Lipinski definition) is 2. The second kappa shape index (κ2) is 7.40. The lowest BCUT2D eigenvalue weighted by atomic mass is 10.2. The van der Waals surface area contributed by atoms with E-state index in [-0.39, 0.29) is 5.91 Å². The van der Waals surface area contributed by atoms with Crippen LogP contribution in [0.2, 0.25) is 5.02 Å². The molecule has 0 aliphatic rings. The van der Waals surface area contributed by atoms with Crippen LogP contribution in [0.3, 0.4) is 0 Å². The number of nitrogens with one attached hydrogen (secondary N) is 2. The fourth-order valence-corrected chi connectivity index (χ4v) is 3.87. The van der Waals surface area contributed by atoms with Gasteiger partial charge in [0.25, 0.3) is 5.91 Å². The van der Waals surface area contributed by atoms with E-state index in [2.05, 4.69) is 27.3 Å². The van der Waals surface area contributed by atoms with Crippen LogP contribution in [0.1, 0.15) is 10.4 Å². The van der Waals surface area contributed by atoms with Crippen molar-refractivity contribution in [2.45, 2.75) is 13.5 Å². The summed E-state index contributed by atoms with van der Waals surface area (Å²) in [4.78, 5) is 14.5. The van der Waals surface area contributed by atoms with Crippen molar-refractivity contribution in [2.75, 3.05) is 18.9 Å². The first kappa shape index (κ1) is 16.5. The highest BCUT2D eigenvalue weighted by Crippen LogP contribution is 2.21. The van der Waals surface area contributed by atoms with E-state index >= 15 is 0 Å². The zero-order valence-corrected chi connectivity index (χ0v) is 15.0. The number of thiophene rings is 1. The number of quaternary nitrogens is 1. The Balaban J connectivity index is 1.89. The topological polar surface area (TPSA) is 33.5 Å². The van der Waals surface area contributed by atoms with Crippen LogP contribution in [0.5, 0.6) is 0 Å². The number of carbonyl (C=O) groups is 1. The Morgan fingerprint density at radius 1 is 1.38 bits per heavy atom. The van der Waals surface area contributed by atoms with E-state index in [1.165, 1.54) is 4.88 Å². The molecule has 2 rings (SSSR count). The number of halogens is 2. The maximum absolute atomic E-state index is 12.1. The fourth-order valence-electron chi connectivity index (χ4n) is 2.04.